The molecule has 0 saturated carbocycles. The maximum atomic E-state index is 12.1. The van der Waals surface area contributed by atoms with Gasteiger partial charge in [-0.15, -0.1) is 23.7 Å². The molecule has 20 heavy (non-hydrogen) atoms. The van der Waals surface area contributed by atoms with Crippen molar-refractivity contribution in [1.82, 2.24) is 10.6 Å². The molecule has 0 bridgehead atoms. The fourth-order valence-electron chi connectivity index (χ4n) is 3.09. The van der Waals surface area contributed by atoms with E-state index < -0.39 is 0 Å². The fourth-order valence-corrected chi connectivity index (χ4v) is 4.26. The number of carbonyl (C=O) groups excluding carboxylic acids is 1. The quantitative estimate of drug-likeness (QED) is 0.897. The van der Waals surface area contributed by atoms with Crippen LogP contribution in [0.5, 0.6) is 0 Å². The number of fused-ring (bicyclic) bond motifs is 1. The third-order valence-electron chi connectivity index (χ3n) is 4.21. The van der Waals surface area contributed by atoms with Crippen LogP contribution in [0, 0.1) is 5.92 Å². The third kappa shape index (κ3) is 3.74. The van der Waals surface area contributed by atoms with Gasteiger partial charge in [0.2, 0.25) is 0 Å². The number of piperidine rings is 1. The second kappa shape index (κ2) is 7.43. The zero-order chi connectivity index (χ0) is 13.1. The van der Waals surface area contributed by atoms with E-state index in [1.165, 1.54) is 36.1 Å². The molecule has 2 N–H and O–H groups in total. The molecule has 0 aromatic carbocycles. The monoisotopic (exact) mass is 314 g/mol. The molecule has 1 aromatic rings. The van der Waals surface area contributed by atoms with Crippen molar-refractivity contribution < 1.29 is 4.79 Å². The van der Waals surface area contributed by atoms with Gasteiger partial charge >= 0.3 is 0 Å². The van der Waals surface area contributed by atoms with Crippen LogP contribution >= 0.6 is 23.7 Å². The summed E-state index contributed by atoms with van der Waals surface area (Å²) >= 11 is 1.69. The number of amides is 1. The summed E-state index contributed by atoms with van der Waals surface area (Å²) < 4.78 is 0. The van der Waals surface area contributed by atoms with E-state index in [2.05, 4.69) is 16.7 Å². The highest BCUT2D eigenvalue weighted by atomic mass is 35.5. The maximum Gasteiger partial charge on any atom is 0.261 e. The molecule has 1 fully saturated rings. The van der Waals surface area contributed by atoms with Crippen LogP contribution in [0.3, 0.4) is 0 Å². The van der Waals surface area contributed by atoms with E-state index in [0.717, 1.165) is 43.3 Å². The van der Waals surface area contributed by atoms with Crippen LogP contribution in [0.4, 0.5) is 0 Å². The molecule has 112 valence electrons. The Morgan fingerprint density at radius 2 is 2.30 bits per heavy atom. The first kappa shape index (κ1) is 15.8. The summed E-state index contributed by atoms with van der Waals surface area (Å²) in [5, 5.41) is 6.50. The Balaban J connectivity index is 0.00000147. The highest BCUT2D eigenvalue weighted by molar-refractivity contribution is 7.14. The molecule has 1 amide bonds. The number of hydrogen-bond acceptors (Lipinski definition) is 3. The SMILES string of the molecule is Cl.O=C(NCCC1CCCNC1)c1cc2c(s1)CCC2. The van der Waals surface area contributed by atoms with E-state index in [9.17, 15) is 4.79 Å². The van der Waals surface area contributed by atoms with E-state index in [-0.39, 0.29) is 18.3 Å². The normalized spacial score (nSPS) is 21.1. The molecule has 0 spiro atoms. The first-order valence-corrected chi connectivity index (χ1v) is 8.25. The number of hydrogen-bond donors (Lipinski definition) is 2. The Morgan fingerprint density at radius 3 is 3.05 bits per heavy atom. The summed E-state index contributed by atoms with van der Waals surface area (Å²) in [5.74, 6) is 0.866. The van der Waals surface area contributed by atoms with Gasteiger partial charge in [0.25, 0.3) is 5.91 Å². The van der Waals surface area contributed by atoms with Crippen molar-refractivity contribution in [3.8, 4) is 0 Å². The molecule has 0 radical (unpaired) electrons. The fraction of sp³-hybridized carbons (Fsp3) is 0.667. The highest BCUT2D eigenvalue weighted by Gasteiger charge is 2.18. The summed E-state index contributed by atoms with van der Waals surface area (Å²) in [6.45, 7) is 3.08. The zero-order valence-electron chi connectivity index (χ0n) is 11.7. The van der Waals surface area contributed by atoms with Crippen molar-refractivity contribution in [3.05, 3.63) is 21.4 Å². The molecule has 1 aliphatic carbocycles. The lowest BCUT2D eigenvalue weighted by molar-refractivity contribution is 0.0954. The summed E-state index contributed by atoms with van der Waals surface area (Å²) in [7, 11) is 0. The molecule has 3 nitrogen and oxygen atoms in total. The smallest absolute Gasteiger partial charge is 0.261 e. The molecule has 1 unspecified atom stereocenters. The molecule has 2 aliphatic rings. The number of rotatable bonds is 4. The maximum absolute atomic E-state index is 12.1. The van der Waals surface area contributed by atoms with Gasteiger partial charge in [-0.05, 0) is 69.2 Å². The molecule has 2 heterocycles. The first-order valence-electron chi connectivity index (χ1n) is 7.43. The van der Waals surface area contributed by atoms with Crippen molar-refractivity contribution in [3.63, 3.8) is 0 Å². The standard InChI is InChI=1S/C15H22N2OS.ClH/c18-15(14-9-12-4-1-5-13(12)19-14)17-8-6-11-3-2-7-16-10-11;/h9,11,16H,1-8,10H2,(H,17,18);1H. The van der Waals surface area contributed by atoms with Gasteiger partial charge in [-0.25, -0.2) is 0 Å². The first-order chi connectivity index (χ1) is 9.33. The lowest BCUT2D eigenvalue weighted by Crippen LogP contribution is -2.33. The van der Waals surface area contributed by atoms with Crippen molar-refractivity contribution in [2.24, 2.45) is 5.92 Å². The molecule has 1 aromatic heterocycles. The summed E-state index contributed by atoms with van der Waals surface area (Å²) in [6, 6.07) is 2.10. The summed E-state index contributed by atoms with van der Waals surface area (Å²) in [6.07, 6.45) is 7.27. The summed E-state index contributed by atoms with van der Waals surface area (Å²) in [4.78, 5) is 14.4. The van der Waals surface area contributed by atoms with E-state index in [1.807, 2.05) is 0 Å². The van der Waals surface area contributed by atoms with Crippen LogP contribution in [-0.4, -0.2) is 25.5 Å². The Bertz CT molecular complexity index is 433. The van der Waals surface area contributed by atoms with Crippen LogP contribution < -0.4 is 10.6 Å². The Kier molecular flexibility index (Phi) is 5.87. The topological polar surface area (TPSA) is 41.1 Å². The molecular formula is C15H23ClN2OS. The van der Waals surface area contributed by atoms with Crippen molar-refractivity contribution in [1.29, 1.82) is 0 Å². The van der Waals surface area contributed by atoms with Crippen molar-refractivity contribution in [2.75, 3.05) is 19.6 Å². The predicted molar refractivity (Wildman–Crippen MR) is 86.1 cm³/mol. The van der Waals surface area contributed by atoms with Gasteiger partial charge in [-0.1, -0.05) is 0 Å². The summed E-state index contributed by atoms with van der Waals surface area (Å²) in [5.41, 5.74) is 1.41. The van der Waals surface area contributed by atoms with Crippen LogP contribution in [-0.2, 0) is 12.8 Å². The van der Waals surface area contributed by atoms with Crippen molar-refractivity contribution >= 4 is 29.7 Å². The minimum Gasteiger partial charge on any atom is -0.351 e. The lowest BCUT2D eigenvalue weighted by atomic mass is 9.96. The highest BCUT2D eigenvalue weighted by Crippen LogP contribution is 2.30. The Labute approximate surface area is 130 Å². The number of aryl methyl sites for hydroxylation is 2. The molecule has 5 heteroatoms. The van der Waals surface area contributed by atoms with Gasteiger partial charge in [0, 0.05) is 11.4 Å². The minimum atomic E-state index is 0. The van der Waals surface area contributed by atoms with Gasteiger partial charge in [0.1, 0.15) is 0 Å². The van der Waals surface area contributed by atoms with E-state index in [1.54, 1.807) is 11.3 Å². The third-order valence-corrected chi connectivity index (χ3v) is 5.44. The van der Waals surface area contributed by atoms with Crippen LogP contribution in [0.1, 0.15) is 45.8 Å². The molecule has 1 saturated heterocycles. The number of halogens is 1. The second-order valence-electron chi connectivity index (χ2n) is 5.67. The zero-order valence-corrected chi connectivity index (χ0v) is 13.4. The molecular weight excluding hydrogens is 292 g/mol. The largest absolute Gasteiger partial charge is 0.351 e. The molecule has 1 atom stereocenters. The van der Waals surface area contributed by atoms with Crippen LogP contribution in [0.25, 0.3) is 0 Å². The average Bonchev–Trinajstić information content (AvgIpc) is 3.00. The number of thiophene rings is 1. The number of carbonyl (C=O) groups is 1. The number of nitrogens with one attached hydrogen (secondary N) is 2. The van der Waals surface area contributed by atoms with Gasteiger partial charge in [0.15, 0.2) is 0 Å². The van der Waals surface area contributed by atoms with E-state index in [4.69, 9.17) is 0 Å². The lowest BCUT2D eigenvalue weighted by Gasteiger charge is -2.22. The van der Waals surface area contributed by atoms with Crippen molar-refractivity contribution in [2.45, 2.75) is 38.5 Å². The van der Waals surface area contributed by atoms with Crippen LogP contribution in [0.2, 0.25) is 0 Å². The van der Waals surface area contributed by atoms with E-state index in [0.29, 0.717) is 0 Å². The minimum absolute atomic E-state index is 0. The van der Waals surface area contributed by atoms with Gasteiger partial charge < -0.3 is 10.6 Å². The second-order valence-corrected chi connectivity index (χ2v) is 6.81. The van der Waals surface area contributed by atoms with Gasteiger partial charge in [-0.2, -0.15) is 0 Å². The Morgan fingerprint density at radius 1 is 1.40 bits per heavy atom. The van der Waals surface area contributed by atoms with Crippen LogP contribution in [0.15, 0.2) is 6.07 Å². The van der Waals surface area contributed by atoms with Gasteiger partial charge in [0.05, 0.1) is 4.88 Å². The average molecular weight is 315 g/mol. The van der Waals surface area contributed by atoms with E-state index >= 15 is 0 Å². The van der Waals surface area contributed by atoms with Gasteiger partial charge in [-0.3, -0.25) is 4.79 Å². The molecule has 3 rings (SSSR count). The Hall–Kier alpha value is -0.580. The predicted octanol–water partition coefficient (Wildman–Crippen LogP) is 2.78. The molecule has 1 aliphatic heterocycles.